The number of non-ortho nitro benzene ring substituents is 1. The third kappa shape index (κ3) is 6.53. The number of benzene rings is 2. The summed E-state index contributed by atoms with van der Waals surface area (Å²) < 4.78 is 46.4. The Balaban J connectivity index is 1.27. The fourth-order valence-corrected chi connectivity index (χ4v) is 4.34. The van der Waals surface area contributed by atoms with Gasteiger partial charge in [0.05, 0.1) is 20.7 Å². The largest absolute Gasteiger partial charge is 0.487 e. The number of aromatic nitrogens is 2. The summed E-state index contributed by atoms with van der Waals surface area (Å²) >= 11 is 12.0. The van der Waals surface area contributed by atoms with Crippen LogP contribution in [0.25, 0.3) is 0 Å². The van der Waals surface area contributed by atoms with E-state index < -0.39 is 16.8 Å². The fourth-order valence-electron chi connectivity index (χ4n) is 3.72. The van der Waals surface area contributed by atoms with Gasteiger partial charge in [-0.05, 0) is 43.0 Å². The summed E-state index contributed by atoms with van der Waals surface area (Å²) in [5.74, 6) is -0.0489. The summed E-state index contributed by atoms with van der Waals surface area (Å²) in [5, 5.41) is 17.0. The third-order valence-corrected chi connectivity index (χ3v) is 6.40. The highest BCUT2D eigenvalue weighted by atomic mass is 35.5. The Hall–Kier alpha value is -3.31. The molecule has 196 valence electrons. The molecule has 1 N–H and O–H groups in total. The Labute approximate surface area is 219 Å². The second-order valence-electron chi connectivity index (χ2n) is 8.51. The highest BCUT2D eigenvalue weighted by Gasteiger charge is 2.41. The van der Waals surface area contributed by atoms with Crippen LogP contribution < -0.4 is 10.1 Å². The van der Waals surface area contributed by atoms with Crippen molar-refractivity contribution in [3.63, 3.8) is 0 Å². The maximum Gasteiger partial charge on any atom is 0.436 e. The van der Waals surface area contributed by atoms with E-state index in [9.17, 15) is 28.1 Å². The Morgan fingerprint density at radius 3 is 2.49 bits per heavy atom. The zero-order valence-electron chi connectivity index (χ0n) is 19.2. The molecule has 0 bridgehead atoms. The van der Waals surface area contributed by atoms with Crippen LogP contribution in [0.2, 0.25) is 10.0 Å². The van der Waals surface area contributed by atoms with Gasteiger partial charge in [-0.25, -0.2) is 0 Å². The van der Waals surface area contributed by atoms with E-state index in [0.717, 1.165) is 18.4 Å². The quantitative estimate of drug-likeness (QED) is 0.177. The highest BCUT2D eigenvalue weighted by molar-refractivity contribution is 6.32. The molecular weight excluding hydrogens is 536 g/mol. The van der Waals surface area contributed by atoms with Crippen molar-refractivity contribution in [2.75, 3.05) is 6.54 Å². The monoisotopic (exact) mass is 556 g/mol. The first-order valence-corrected chi connectivity index (χ1v) is 12.1. The predicted octanol–water partition coefficient (Wildman–Crippen LogP) is 6.39. The summed E-state index contributed by atoms with van der Waals surface area (Å²) in [4.78, 5) is 22.7. The number of nitro groups is 1. The molecule has 1 aliphatic rings. The first-order valence-electron chi connectivity index (χ1n) is 11.3. The smallest absolute Gasteiger partial charge is 0.436 e. The van der Waals surface area contributed by atoms with E-state index >= 15 is 0 Å². The molecule has 0 unspecified atom stereocenters. The minimum atomic E-state index is -4.62. The lowest BCUT2D eigenvalue weighted by atomic mass is 10.1. The zero-order chi connectivity index (χ0) is 26.7. The van der Waals surface area contributed by atoms with Gasteiger partial charge in [0.2, 0.25) is 0 Å². The molecule has 13 heteroatoms. The normalized spacial score (nSPS) is 13.4. The first kappa shape index (κ1) is 26.7. The van der Waals surface area contributed by atoms with Crippen molar-refractivity contribution in [2.24, 2.45) is 0 Å². The van der Waals surface area contributed by atoms with E-state index in [-0.39, 0.29) is 47.3 Å². The molecule has 1 heterocycles. The van der Waals surface area contributed by atoms with Gasteiger partial charge in [0.1, 0.15) is 12.4 Å². The molecule has 8 nitrogen and oxygen atoms in total. The zero-order valence-corrected chi connectivity index (χ0v) is 20.7. The molecule has 37 heavy (non-hydrogen) atoms. The van der Waals surface area contributed by atoms with E-state index in [1.165, 1.54) is 22.9 Å². The molecule has 0 saturated heterocycles. The molecule has 1 aromatic heterocycles. The van der Waals surface area contributed by atoms with Crippen molar-refractivity contribution in [1.82, 2.24) is 15.1 Å². The number of carbonyl (C=O) groups excluding carboxylic acids is 1. The maximum atomic E-state index is 13.2. The second kappa shape index (κ2) is 11.0. The van der Waals surface area contributed by atoms with Crippen LogP contribution in [0.1, 0.15) is 52.5 Å². The topological polar surface area (TPSA) is 99.3 Å². The number of rotatable bonds is 10. The van der Waals surface area contributed by atoms with Gasteiger partial charge in [-0.3, -0.25) is 19.6 Å². The molecule has 1 amide bonds. The third-order valence-electron chi connectivity index (χ3n) is 5.73. The number of aryl methyl sites for hydroxylation is 1. The minimum absolute atomic E-state index is 0.00961. The average molecular weight is 557 g/mol. The van der Waals surface area contributed by atoms with Crippen molar-refractivity contribution in [3.05, 3.63) is 85.1 Å². The number of amides is 1. The van der Waals surface area contributed by atoms with Crippen LogP contribution in [0.5, 0.6) is 5.75 Å². The van der Waals surface area contributed by atoms with Crippen LogP contribution in [-0.2, 0) is 19.3 Å². The highest BCUT2D eigenvalue weighted by Crippen LogP contribution is 2.46. The molecule has 3 aromatic rings. The molecule has 0 radical (unpaired) electrons. The van der Waals surface area contributed by atoms with Crippen LogP contribution in [0, 0.1) is 10.1 Å². The summed E-state index contributed by atoms with van der Waals surface area (Å²) in [5.41, 5.74) is 0.343. The summed E-state index contributed by atoms with van der Waals surface area (Å²) in [6, 6.07) is 10.5. The van der Waals surface area contributed by atoms with Crippen LogP contribution in [0.15, 0.2) is 42.5 Å². The van der Waals surface area contributed by atoms with E-state index in [2.05, 4.69) is 10.4 Å². The number of hydrogen-bond acceptors (Lipinski definition) is 5. The number of nitrogens with one attached hydrogen (secondary N) is 1. The van der Waals surface area contributed by atoms with Gasteiger partial charge >= 0.3 is 6.18 Å². The van der Waals surface area contributed by atoms with E-state index in [4.69, 9.17) is 27.9 Å². The summed E-state index contributed by atoms with van der Waals surface area (Å²) in [6.45, 7) is 0.573. The SMILES string of the molecule is O=C(NCCCn1nc(C(F)(F)F)c(Cl)c1C1CC1)c1ccc(COc2ccc([N+](=O)[O-])cc2Cl)cc1. The minimum Gasteiger partial charge on any atom is -0.487 e. The van der Waals surface area contributed by atoms with Gasteiger partial charge in [0.15, 0.2) is 5.69 Å². The Bertz CT molecular complexity index is 1310. The van der Waals surface area contributed by atoms with E-state index in [1.54, 1.807) is 24.3 Å². The standard InChI is InChI=1S/C24H21Cl2F3N4O4/c25-18-12-17(33(35)36)8-9-19(18)37-13-14-2-4-16(5-3-14)23(34)30-10-1-11-32-21(15-6-7-15)20(26)22(31-32)24(27,28)29/h2-5,8-9,12,15H,1,6-7,10-11,13H2,(H,30,34). The number of ether oxygens (including phenoxy) is 1. The van der Waals surface area contributed by atoms with Gasteiger partial charge in [-0.1, -0.05) is 35.3 Å². The van der Waals surface area contributed by atoms with Crippen molar-refractivity contribution in [3.8, 4) is 5.75 Å². The van der Waals surface area contributed by atoms with Crippen molar-refractivity contribution in [1.29, 1.82) is 0 Å². The Morgan fingerprint density at radius 1 is 1.19 bits per heavy atom. The van der Waals surface area contributed by atoms with Crippen LogP contribution >= 0.6 is 23.2 Å². The van der Waals surface area contributed by atoms with Gasteiger partial charge in [-0.2, -0.15) is 18.3 Å². The maximum absolute atomic E-state index is 13.2. The molecule has 4 rings (SSSR count). The molecular formula is C24H21Cl2F3N4O4. The first-order chi connectivity index (χ1) is 17.5. The molecule has 1 saturated carbocycles. The van der Waals surface area contributed by atoms with Gasteiger partial charge < -0.3 is 10.1 Å². The molecule has 0 aliphatic heterocycles. The fraction of sp³-hybridized carbons (Fsp3) is 0.333. The van der Waals surface area contributed by atoms with Gasteiger partial charge in [0.25, 0.3) is 11.6 Å². The van der Waals surface area contributed by atoms with E-state index in [0.29, 0.717) is 23.4 Å². The predicted molar refractivity (Wildman–Crippen MR) is 130 cm³/mol. The molecule has 0 spiro atoms. The molecule has 1 aliphatic carbocycles. The van der Waals surface area contributed by atoms with Crippen molar-refractivity contribution in [2.45, 2.75) is 44.5 Å². The van der Waals surface area contributed by atoms with Crippen LogP contribution in [0.4, 0.5) is 18.9 Å². The molecule has 0 atom stereocenters. The number of carbonyl (C=O) groups is 1. The Morgan fingerprint density at radius 2 is 1.89 bits per heavy atom. The number of halogens is 5. The van der Waals surface area contributed by atoms with Crippen LogP contribution in [-0.4, -0.2) is 27.2 Å². The average Bonchev–Trinajstić information content (AvgIpc) is 3.62. The second-order valence-corrected chi connectivity index (χ2v) is 9.30. The number of hydrogen-bond donors (Lipinski definition) is 1. The van der Waals surface area contributed by atoms with Crippen molar-refractivity contribution >= 4 is 34.8 Å². The lowest BCUT2D eigenvalue weighted by molar-refractivity contribution is -0.384. The summed E-state index contributed by atoms with van der Waals surface area (Å²) in [7, 11) is 0. The van der Waals surface area contributed by atoms with Gasteiger partial charge in [-0.15, -0.1) is 0 Å². The number of nitro benzene ring substituents is 1. The van der Waals surface area contributed by atoms with Crippen molar-refractivity contribution < 1.29 is 27.6 Å². The lowest BCUT2D eigenvalue weighted by Gasteiger charge is -2.10. The Kier molecular flexibility index (Phi) is 7.93. The van der Waals surface area contributed by atoms with Gasteiger partial charge in [0, 0.05) is 36.7 Å². The number of alkyl halides is 3. The van der Waals surface area contributed by atoms with Crippen LogP contribution in [0.3, 0.4) is 0 Å². The lowest BCUT2D eigenvalue weighted by Crippen LogP contribution is -2.25. The number of nitrogens with zero attached hydrogens (tertiary/aromatic N) is 3. The molecule has 1 fully saturated rings. The molecule has 2 aromatic carbocycles. The summed E-state index contributed by atoms with van der Waals surface area (Å²) in [6.07, 6.45) is -2.68. The van der Waals surface area contributed by atoms with E-state index in [1.807, 2.05) is 0 Å².